The van der Waals surface area contributed by atoms with Crippen molar-refractivity contribution >= 4 is 0 Å². The third-order valence-electron chi connectivity index (χ3n) is 8.97. The number of fused-ring (bicyclic) bond motifs is 14. The molecule has 0 aromatic heterocycles. The van der Waals surface area contributed by atoms with Gasteiger partial charge in [-0.1, -0.05) is 30.3 Å². The molecule has 0 N–H and O–H groups in total. The number of hydrogen-bond donors (Lipinski definition) is 0. The first-order valence-corrected chi connectivity index (χ1v) is 9.06. The van der Waals surface area contributed by atoms with Gasteiger partial charge in [0.1, 0.15) is 0 Å². The SMILES string of the molecule is c1ccc(CO[C@@]23C[C@@H]4[C@@H]5[C@@H]6C[C@H]7[C@@H](C[C@@H]2[C@@H]4[C@H]75)[C@@H]63)cc1. The minimum Gasteiger partial charge on any atom is -0.370 e. The Morgan fingerprint density at radius 2 is 1.81 bits per heavy atom. The van der Waals surface area contributed by atoms with E-state index in [1.54, 1.807) is 6.42 Å². The van der Waals surface area contributed by atoms with Crippen LogP contribution >= 0.6 is 0 Å². The molecule has 5 saturated carbocycles. The van der Waals surface area contributed by atoms with Crippen molar-refractivity contribution in [3.8, 4) is 0 Å². The van der Waals surface area contributed by atoms with Crippen molar-refractivity contribution in [2.75, 3.05) is 0 Å². The minimum absolute atomic E-state index is 0.316. The first-order valence-electron chi connectivity index (χ1n) is 9.06. The van der Waals surface area contributed by atoms with E-state index in [-0.39, 0.29) is 0 Å². The van der Waals surface area contributed by atoms with E-state index in [1.807, 2.05) is 0 Å². The quantitative estimate of drug-likeness (QED) is 0.765. The molecule has 0 amide bonds. The largest absolute Gasteiger partial charge is 0.370 e. The molecule has 5 aliphatic carbocycles. The van der Waals surface area contributed by atoms with E-state index in [0.717, 1.165) is 59.9 Å². The molecule has 1 aromatic rings. The van der Waals surface area contributed by atoms with Gasteiger partial charge in [0.15, 0.2) is 0 Å². The van der Waals surface area contributed by atoms with E-state index in [2.05, 4.69) is 30.3 Å². The number of rotatable bonds is 3. The molecule has 21 heavy (non-hydrogen) atoms. The maximum atomic E-state index is 6.83. The van der Waals surface area contributed by atoms with Crippen molar-refractivity contribution in [2.24, 2.45) is 53.3 Å². The molecule has 1 aromatic carbocycles. The molecule has 1 heteroatoms. The van der Waals surface area contributed by atoms with Crippen LogP contribution in [0.2, 0.25) is 0 Å². The van der Waals surface area contributed by atoms with Gasteiger partial charge in [0.25, 0.3) is 0 Å². The van der Waals surface area contributed by atoms with Gasteiger partial charge in [0.05, 0.1) is 12.2 Å². The van der Waals surface area contributed by atoms with E-state index in [1.165, 1.54) is 18.4 Å². The summed E-state index contributed by atoms with van der Waals surface area (Å²) in [5.74, 6) is 9.64. The Morgan fingerprint density at radius 1 is 0.905 bits per heavy atom. The van der Waals surface area contributed by atoms with Crippen LogP contribution in [0, 0.1) is 53.3 Å². The first kappa shape index (κ1) is 10.8. The van der Waals surface area contributed by atoms with E-state index in [4.69, 9.17) is 4.74 Å². The monoisotopic (exact) mass is 278 g/mol. The van der Waals surface area contributed by atoms with Gasteiger partial charge in [-0.2, -0.15) is 0 Å². The third kappa shape index (κ3) is 0.926. The van der Waals surface area contributed by atoms with Crippen LogP contribution in [0.15, 0.2) is 30.3 Å². The van der Waals surface area contributed by atoms with Crippen molar-refractivity contribution in [1.82, 2.24) is 0 Å². The summed E-state index contributed by atoms with van der Waals surface area (Å²) >= 11 is 0. The molecular formula is C20H22O. The summed E-state index contributed by atoms with van der Waals surface area (Å²) in [4.78, 5) is 0. The van der Waals surface area contributed by atoms with Gasteiger partial charge in [-0.15, -0.1) is 0 Å². The Hall–Kier alpha value is -0.820. The zero-order valence-electron chi connectivity index (χ0n) is 12.3. The highest BCUT2D eigenvalue weighted by Crippen LogP contribution is 2.88. The zero-order valence-corrected chi connectivity index (χ0v) is 12.3. The molecule has 10 atom stereocenters. The highest BCUT2D eigenvalue weighted by Gasteiger charge is 2.86. The highest BCUT2D eigenvalue weighted by molar-refractivity contribution is 5.34. The van der Waals surface area contributed by atoms with Crippen LogP contribution in [-0.4, -0.2) is 5.60 Å². The van der Waals surface area contributed by atoms with Crippen LogP contribution in [0.3, 0.4) is 0 Å². The van der Waals surface area contributed by atoms with Crippen molar-refractivity contribution in [3.63, 3.8) is 0 Å². The molecule has 2 bridgehead atoms. The third-order valence-corrected chi connectivity index (χ3v) is 8.97. The second-order valence-corrected chi connectivity index (χ2v) is 8.92. The lowest BCUT2D eigenvalue weighted by Gasteiger charge is -2.59. The maximum Gasteiger partial charge on any atom is 0.0754 e. The van der Waals surface area contributed by atoms with E-state index in [0.29, 0.717) is 5.60 Å². The lowest BCUT2D eigenvalue weighted by atomic mass is 9.45. The Morgan fingerprint density at radius 3 is 2.71 bits per heavy atom. The first-order chi connectivity index (χ1) is 10.4. The van der Waals surface area contributed by atoms with Gasteiger partial charge in [-0.3, -0.25) is 0 Å². The second-order valence-electron chi connectivity index (χ2n) is 8.92. The summed E-state index contributed by atoms with van der Waals surface area (Å²) in [6.07, 6.45) is 4.55. The van der Waals surface area contributed by atoms with Gasteiger partial charge < -0.3 is 4.74 Å². The Balaban J connectivity index is 1.30. The zero-order chi connectivity index (χ0) is 13.3. The molecule has 0 unspecified atom stereocenters. The molecule has 0 saturated heterocycles. The molecule has 0 radical (unpaired) electrons. The van der Waals surface area contributed by atoms with Gasteiger partial charge in [0.2, 0.25) is 0 Å². The molecule has 1 nitrogen and oxygen atoms in total. The van der Waals surface area contributed by atoms with Crippen molar-refractivity contribution < 1.29 is 4.74 Å². The summed E-state index contributed by atoms with van der Waals surface area (Å²) in [5.41, 5.74) is 1.68. The molecule has 5 aliphatic rings. The van der Waals surface area contributed by atoms with Crippen LogP contribution in [-0.2, 0) is 11.3 Å². The Labute approximate surface area is 126 Å². The lowest BCUT2D eigenvalue weighted by Crippen LogP contribution is -2.56. The average Bonchev–Trinajstić information content (AvgIpc) is 3.15. The number of benzene rings is 1. The summed E-state index contributed by atoms with van der Waals surface area (Å²) in [6, 6.07) is 10.9. The molecule has 0 aliphatic heterocycles. The molecule has 108 valence electrons. The summed E-state index contributed by atoms with van der Waals surface area (Å²) in [5, 5.41) is 0. The number of hydrogen-bond acceptors (Lipinski definition) is 1. The molecular weight excluding hydrogens is 256 g/mol. The Bertz CT molecular complexity index is 636. The fourth-order valence-electron chi connectivity index (χ4n) is 8.99. The van der Waals surface area contributed by atoms with Crippen LogP contribution < -0.4 is 0 Å². The minimum atomic E-state index is 0.316. The molecule has 5 fully saturated rings. The van der Waals surface area contributed by atoms with Gasteiger partial charge in [-0.25, -0.2) is 0 Å². The van der Waals surface area contributed by atoms with Gasteiger partial charge in [-0.05, 0) is 78.1 Å². The average molecular weight is 278 g/mol. The van der Waals surface area contributed by atoms with Crippen LogP contribution in [0.1, 0.15) is 24.8 Å². The topological polar surface area (TPSA) is 9.23 Å². The van der Waals surface area contributed by atoms with Gasteiger partial charge in [0, 0.05) is 0 Å². The smallest absolute Gasteiger partial charge is 0.0754 e. The van der Waals surface area contributed by atoms with E-state index < -0.39 is 0 Å². The molecule has 0 spiro atoms. The maximum absolute atomic E-state index is 6.83. The van der Waals surface area contributed by atoms with Crippen molar-refractivity contribution in [1.29, 1.82) is 0 Å². The fraction of sp³-hybridized carbons (Fsp3) is 0.700. The molecule has 6 rings (SSSR count). The normalized spacial score (nSPS) is 62.8. The van der Waals surface area contributed by atoms with E-state index in [9.17, 15) is 0 Å². The second kappa shape index (κ2) is 3.11. The van der Waals surface area contributed by atoms with E-state index >= 15 is 0 Å². The summed E-state index contributed by atoms with van der Waals surface area (Å²) in [7, 11) is 0. The predicted octanol–water partition coefficient (Wildman–Crippen LogP) is 3.74. The van der Waals surface area contributed by atoms with Gasteiger partial charge >= 0.3 is 0 Å². The summed E-state index contributed by atoms with van der Waals surface area (Å²) in [6.45, 7) is 0.854. The highest BCUT2D eigenvalue weighted by atomic mass is 16.5. The fourth-order valence-corrected chi connectivity index (χ4v) is 8.99. The standard InChI is InChI=1S/C20H22O/c1-2-4-10(5-3-1)9-21-20-8-14-16-13-6-11-12(19(13)20)7-15(20)17(14)18(11)16/h1-5,11-19H,6-9H2/t11-,12+,13-,14+,15+,16-,17+,18+,19-,20-/m0/s1. The van der Waals surface area contributed by atoms with Crippen LogP contribution in [0.4, 0.5) is 0 Å². The van der Waals surface area contributed by atoms with Crippen LogP contribution in [0.5, 0.6) is 0 Å². The molecule has 0 heterocycles. The lowest BCUT2D eigenvalue weighted by molar-refractivity contribution is -0.161. The Kier molecular flexibility index (Phi) is 1.60. The summed E-state index contributed by atoms with van der Waals surface area (Å²) < 4.78 is 6.83. The van der Waals surface area contributed by atoms with Crippen molar-refractivity contribution in [3.05, 3.63) is 35.9 Å². The van der Waals surface area contributed by atoms with Crippen LogP contribution in [0.25, 0.3) is 0 Å². The predicted molar refractivity (Wildman–Crippen MR) is 79.2 cm³/mol. The van der Waals surface area contributed by atoms with Crippen molar-refractivity contribution in [2.45, 2.75) is 31.5 Å². The number of ether oxygens (including phenoxy) is 1.